The molecule has 0 fully saturated rings. The first-order valence-corrected chi connectivity index (χ1v) is 8.06. The summed E-state index contributed by atoms with van der Waals surface area (Å²) < 4.78 is 0. The SMILES string of the molecule is CCC1=C(C)C(CC)(CCN(C)C)C(CC)=C1CC. The van der Waals surface area contributed by atoms with Crippen LogP contribution in [0.25, 0.3) is 0 Å². The molecule has 1 aliphatic rings. The number of rotatable bonds is 7. The summed E-state index contributed by atoms with van der Waals surface area (Å²) in [5.74, 6) is 0. The molecule has 1 nitrogen and oxygen atoms in total. The van der Waals surface area contributed by atoms with Crippen LogP contribution < -0.4 is 0 Å². The molecule has 0 aliphatic heterocycles. The van der Waals surface area contributed by atoms with E-state index < -0.39 is 0 Å². The molecular weight excluding hydrogens is 230 g/mol. The Bertz CT molecular complexity index is 373. The van der Waals surface area contributed by atoms with Gasteiger partial charge < -0.3 is 4.90 Å². The molecule has 110 valence electrons. The normalized spacial score (nSPS) is 24.0. The van der Waals surface area contributed by atoms with E-state index in [4.69, 9.17) is 0 Å². The Labute approximate surface area is 120 Å². The number of allylic oxidation sites excluding steroid dienone is 4. The molecule has 1 atom stereocenters. The summed E-state index contributed by atoms with van der Waals surface area (Å²) in [6.45, 7) is 12.9. The Morgan fingerprint density at radius 1 is 0.895 bits per heavy atom. The van der Waals surface area contributed by atoms with Gasteiger partial charge in [0.25, 0.3) is 0 Å². The predicted octanol–water partition coefficient (Wildman–Crippen LogP) is 5.19. The van der Waals surface area contributed by atoms with Crippen LogP contribution in [0, 0.1) is 5.41 Å². The van der Waals surface area contributed by atoms with Crippen LogP contribution in [0.15, 0.2) is 22.3 Å². The second-order valence-electron chi connectivity index (χ2n) is 6.11. The minimum absolute atomic E-state index is 0.357. The lowest BCUT2D eigenvalue weighted by molar-refractivity contribution is 0.299. The molecule has 0 saturated carbocycles. The van der Waals surface area contributed by atoms with Crippen molar-refractivity contribution in [3.05, 3.63) is 22.3 Å². The summed E-state index contributed by atoms with van der Waals surface area (Å²) in [7, 11) is 4.38. The molecule has 0 spiro atoms. The molecule has 1 rings (SSSR count). The molecule has 0 aromatic heterocycles. The highest BCUT2D eigenvalue weighted by Gasteiger charge is 2.40. The third-order valence-corrected chi connectivity index (χ3v) is 5.13. The molecule has 0 heterocycles. The zero-order chi connectivity index (χ0) is 14.6. The summed E-state index contributed by atoms with van der Waals surface area (Å²) in [4.78, 5) is 2.33. The summed E-state index contributed by atoms with van der Waals surface area (Å²) in [6, 6.07) is 0. The Hall–Kier alpha value is -0.560. The number of nitrogens with zero attached hydrogens (tertiary/aromatic N) is 1. The van der Waals surface area contributed by atoms with E-state index in [2.05, 4.69) is 53.6 Å². The molecule has 0 bridgehead atoms. The van der Waals surface area contributed by atoms with E-state index in [1.807, 2.05) is 0 Å². The van der Waals surface area contributed by atoms with Crippen LogP contribution in [0.1, 0.15) is 66.7 Å². The molecule has 0 aromatic carbocycles. The van der Waals surface area contributed by atoms with E-state index in [-0.39, 0.29) is 0 Å². The van der Waals surface area contributed by atoms with Crippen molar-refractivity contribution >= 4 is 0 Å². The first-order chi connectivity index (χ1) is 8.98. The van der Waals surface area contributed by atoms with Gasteiger partial charge in [-0.25, -0.2) is 0 Å². The average Bonchev–Trinajstić information content (AvgIpc) is 2.64. The Balaban J connectivity index is 3.27. The van der Waals surface area contributed by atoms with Crippen molar-refractivity contribution in [1.29, 1.82) is 0 Å². The Kier molecular flexibility index (Phi) is 5.85. The minimum atomic E-state index is 0.357. The van der Waals surface area contributed by atoms with E-state index in [0.29, 0.717) is 5.41 Å². The maximum Gasteiger partial charge on any atom is 0.0139 e. The molecular formula is C18H33N. The topological polar surface area (TPSA) is 3.24 Å². The first-order valence-electron chi connectivity index (χ1n) is 8.06. The maximum absolute atomic E-state index is 2.40. The molecule has 0 radical (unpaired) electrons. The summed E-state index contributed by atoms with van der Waals surface area (Å²) in [5.41, 5.74) is 7.13. The van der Waals surface area contributed by atoms with Crippen molar-refractivity contribution in [2.75, 3.05) is 20.6 Å². The van der Waals surface area contributed by atoms with Crippen molar-refractivity contribution in [2.24, 2.45) is 5.41 Å². The number of hydrogen-bond donors (Lipinski definition) is 0. The van der Waals surface area contributed by atoms with Crippen LogP contribution in [0.3, 0.4) is 0 Å². The van der Waals surface area contributed by atoms with Crippen molar-refractivity contribution < 1.29 is 0 Å². The highest BCUT2D eigenvalue weighted by atomic mass is 15.0. The van der Waals surface area contributed by atoms with E-state index in [1.54, 1.807) is 22.3 Å². The third kappa shape index (κ3) is 2.81. The van der Waals surface area contributed by atoms with E-state index in [0.717, 1.165) is 0 Å². The molecule has 1 unspecified atom stereocenters. The van der Waals surface area contributed by atoms with Gasteiger partial charge in [-0.15, -0.1) is 0 Å². The summed E-state index contributed by atoms with van der Waals surface area (Å²) in [5, 5.41) is 0. The second-order valence-corrected chi connectivity index (χ2v) is 6.11. The van der Waals surface area contributed by atoms with Crippen molar-refractivity contribution in [3.8, 4) is 0 Å². The lowest BCUT2D eigenvalue weighted by atomic mass is 9.71. The number of hydrogen-bond acceptors (Lipinski definition) is 1. The zero-order valence-electron chi connectivity index (χ0n) is 14.2. The third-order valence-electron chi connectivity index (χ3n) is 5.13. The largest absolute Gasteiger partial charge is 0.309 e. The molecule has 0 N–H and O–H groups in total. The fourth-order valence-corrected chi connectivity index (χ4v) is 4.08. The van der Waals surface area contributed by atoms with Gasteiger partial charge in [0.05, 0.1) is 0 Å². The molecule has 0 aromatic rings. The van der Waals surface area contributed by atoms with Gasteiger partial charge in [-0.2, -0.15) is 0 Å². The molecule has 0 amide bonds. The molecule has 0 saturated heterocycles. The van der Waals surface area contributed by atoms with Gasteiger partial charge in [0.1, 0.15) is 0 Å². The predicted molar refractivity (Wildman–Crippen MR) is 86.5 cm³/mol. The second kappa shape index (κ2) is 6.74. The van der Waals surface area contributed by atoms with E-state index in [9.17, 15) is 0 Å². The Morgan fingerprint density at radius 3 is 1.84 bits per heavy atom. The quantitative estimate of drug-likeness (QED) is 0.611. The van der Waals surface area contributed by atoms with Crippen LogP contribution >= 0.6 is 0 Å². The highest BCUT2D eigenvalue weighted by molar-refractivity contribution is 5.52. The molecule has 19 heavy (non-hydrogen) atoms. The van der Waals surface area contributed by atoms with E-state index in [1.165, 1.54) is 38.6 Å². The van der Waals surface area contributed by atoms with Crippen molar-refractivity contribution in [2.45, 2.75) is 66.7 Å². The first kappa shape index (κ1) is 16.5. The zero-order valence-corrected chi connectivity index (χ0v) is 14.2. The molecule has 1 aliphatic carbocycles. The lowest BCUT2D eigenvalue weighted by Gasteiger charge is -2.35. The van der Waals surface area contributed by atoms with Crippen LogP contribution in [0.2, 0.25) is 0 Å². The van der Waals surface area contributed by atoms with E-state index >= 15 is 0 Å². The fraction of sp³-hybridized carbons (Fsp3) is 0.778. The monoisotopic (exact) mass is 263 g/mol. The lowest BCUT2D eigenvalue weighted by Crippen LogP contribution is -2.28. The highest BCUT2D eigenvalue weighted by Crippen LogP contribution is 2.54. The smallest absolute Gasteiger partial charge is 0.0139 e. The standard InChI is InChI=1S/C18H33N/c1-8-15-14(5)18(11-4,12-13-19(6)7)17(10-3)16(15)9-2/h8-13H2,1-7H3. The van der Waals surface area contributed by atoms with Gasteiger partial charge in [-0.05, 0) is 70.8 Å². The van der Waals surface area contributed by atoms with Crippen LogP contribution in [0.4, 0.5) is 0 Å². The van der Waals surface area contributed by atoms with Gasteiger partial charge in [0.15, 0.2) is 0 Å². The van der Waals surface area contributed by atoms with Gasteiger partial charge in [-0.3, -0.25) is 0 Å². The minimum Gasteiger partial charge on any atom is -0.309 e. The van der Waals surface area contributed by atoms with Crippen LogP contribution in [0.5, 0.6) is 0 Å². The average molecular weight is 263 g/mol. The Morgan fingerprint density at radius 2 is 1.47 bits per heavy atom. The summed E-state index contributed by atoms with van der Waals surface area (Å²) >= 11 is 0. The fourth-order valence-electron chi connectivity index (χ4n) is 4.08. The van der Waals surface area contributed by atoms with Crippen LogP contribution in [-0.2, 0) is 0 Å². The summed E-state index contributed by atoms with van der Waals surface area (Å²) in [6.07, 6.45) is 6.14. The van der Waals surface area contributed by atoms with Crippen molar-refractivity contribution in [3.63, 3.8) is 0 Å². The van der Waals surface area contributed by atoms with Crippen molar-refractivity contribution in [1.82, 2.24) is 4.90 Å². The van der Waals surface area contributed by atoms with Gasteiger partial charge in [-0.1, -0.05) is 38.8 Å². The van der Waals surface area contributed by atoms with Gasteiger partial charge in [0.2, 0.25) is 0 Å². The maximum atomic E-state index is 2.40. The van der Waals surface area contributed by atoms with Gasteiger partial charge >= 0.3 is 0 Å². The molecule has 1 heteroatoms. The van der Waals surface area contributed by atoms with Gasteiger partial charge in [0, 0.05) is 5.41 Å². The van der Waals surface area contributed by atoms with Crippen LogP contribution in [-0.4, -0.2) is 25.5 Å².